The fourth-order valence-corrected chi connectivity index (χ4v) is 6.24. The predicted molar refractivity (Wildman–Crippen MR) is 129 cm³/mol. The molecule has 16 heteroatoms. The molecule has 0 atom stereocenters. The first-order valence-electron chi connectivity index (χ1n) is 11.0. The Morgan fingerprint density at radius 1 is 1.03 bits per heavy atom. The molecule has 2 N–H and O–H groups in total. The Morgan fingerprint density at radius 3 is 2.03 bits per heavy atom. The van der Waals surface area contributed by atoms with Crippen LogP contribution >= 0.6 is 0 Å². The highest BCUT2D eigenvalue weighted by Gasteiger charge is 2.38. The van der Waals surface area contributed by atoms with Gasteiger partial charge < -0.3 is 15.2 Å². The van der Waals surface area contributed by atoms with Gasteiger partial charge in [0.15, 0.2) is 0 Å². The van der Waals surface area contributed by atoms with Crippen molar-refractivity contribution < 1.29 is 49.0 Å². The summed E-state index contributed by atoms with van der Waals surface area (Å²) in [5.74, 6) is -3.03. The van der Waals surface area contributed by atoms with Crippen LogP contribution in [0.15, 0.2) is 53.4 Å². The number of hydrogen-bond donors (Lipinski definition) is 2. The van der Waals surface area contributed by atoms with Crippen molar-refractivity contribution in [2.45, 2.75) is 17.6 Å². The van der Waals surface area contributed by atoms with Crippen LogP contribution in [0.3, 0.4) is 0 Å². The second kappa shape index (κ2) is 13.3. The van der Waals surface area contributed by atoms with Crippen LogP contribution in [0.5, 0.6) is 5.75 Å². The SMILES string of the molecule is COc1ccc(S(=O)(=O)N(CCS(=O)(=O)N2CCNCC2)Cc2ccc(F)cc2)cc1.O=C(O)C(F)(F)F. The van der Waals surface area contributed by atoms with Gasteiger partial charge in [0.25, 0.3) is 0 Å². The zero-order valence-electron chi connectivity index (χ0n) is 20.2. The highest BCUT2D eigenvalue weighted by atomic mass is 32.2. The molecule has 3 rings (SSSR count). The molecule has 1 fully saturated rings. The third-order valence-corrected chi connectivity index (χ3v) is 8.99. The summed E-state index contributed by atoms with van der Waals surface area (Å²) in [6.07, 6.45) is -5.08. The maximum absolute atomic E-state index is 13.3. The van der Waals surface area contributed by atoms with Crippen LogP contribution in [0, 0.1) is 5.82 Å². The summed E-state index contributed by atoms with van der Waals surface area (Å²) >= 11 is 0. The number of nitrogens with zero attached hydrogens (tertiary/aromatic N) is 2. The van der Waals surface area contributed by atoms with Crippen molar-refractivity contribution in [3.63, 3.8) is 0 Å². The maximum Gasteiger partial charge on any atom is 0.490 e. The lowest BCUT2D eigenvalue weighted by Gasteiger charge is -2.28. The Balaban J connectivity index is 0.000000638. The fourth-order valence-electron chi connectivity index (χ4n) is 3.24. The summed E-state index contributed by atoms with van der Waals surface area (Å²) < 4.78 is 105. The molecule has 1 aliphatic rings. The van der Waals surface area contributed by atoms with Crippen LogP contribution in [-0.4, -0.2) is 88.3 Å². The number of ether oxygens (including phenoxy) is 1. The van der Waals surface area contributed by atoms with Gasteiger partial charge in [-0.1, -0.05) is 12.1 Å². The average Bonchev–Trinajstić information content (AvgIpc) is 2.88. The first-order chi connectivity index (χ1) is 17.7. The summed E-state index contributed by atoms with van der Waals surface area (Å²) in [7, 11) is -6.14. The minimum Gasteiger partial charge on any atom is -0.497 e. The minimum absolute atomic E-state index is 0.0231. The monoisotopic (exact) mass is 585 g/mol. The third kappa shape index (κ3) is 9.20. The zero-order valence-corrected chi connectivity index (χ0v) is 21.8. The summed E-state index contributed by atoms with van der Waals surface area (Å²) in [5, 5.41) is 10.2. The molecular formula is C22H27F4N3O7S2. The lowest BCUT2D eigenvalue weighted by atomic mass is 10.2. The molecule has 0 spiro atoms. The fraction of sp³-hybridized carbons (Fsp3) is 0.409. The van der Waals surface area contributed by atoms with Crippen LogP contribution in [0.25, 0.3) is 0 Å². The molecule has 2 aromatic rings. The topological polar surface area (TPSA) is 133 Å². The highest BCUT2D eigenvalue weighted by Crippen LogP contribution is 2.22. The molecule has 1 aliphatic heterocycles. The smallest absolute Gasteiger partial charge is 0.490 e. The van der Waals surface area contributed by atoms with Gasteiger partial charge in [-0.25, -0.2) is 26.0 Å². The van der Waals surface area contributed by atoms with E-state index in [4.69, 9.17) is 14.6 Å². The van der Waals surface area contributed by atoms with Crippen LogP contribution in [0.1, 0.15) is 5.56 Å². The van der Waals surface area contributed by atoms with E-state index in [1.807, 2.05) is 0 Å². The number of methoxy groups -OCH3 is 1. The lowest BCUT2D eigenvalue weighted by Crippen LogP contribution is -2.48. The Labute approximate surface area is 217 Å². The number of carbonyl (C=O) groups is 1. The molecule has 2 aromatic carbocycles. The van der Waals surface area contributed by atoms with E-state index in [1.165, 1.54) is 59.9 Å². The molecule has 10 nitrogen and oxygen atoms in total. The molecule has 0 saturated carbocycles. The van der Waals surface area contributed by atoms with E-state index >= 15 is 0 Å². The van der Waals surface area contributed by atoms with Crippen molar-refractivity contribution >= 4 is 26.0 Å². The van der Waals surface area contributed by atoms with Gasteiger partial charge in [0, 0.05) is 39.3 Å². The van der Waals surface area contributed by atoms with Crippen molar-refractivity contribution in [1.82, 2.24) is 13.9 Å². The van der Waals surface area contributed by atoms with E-state index in [2.05, 4.69) is 5.32 Å². The van der Waals surface area contributed by atoms with E-state index in [0.29, 0.717) is 37.5 Å². The van der Waals surface area contributed by atoms with Crippen LogP contribution in [0.2, 0.25) is 0 Å². The summed E-state index contributed by atoms with van der Waals surface area (Å²) in [6.45, 7) is 1.52. The van der Waals surface area contributed by atoms with Crippen LogP contribution < -0.4 is 10.1 Å². The minimum atomic E-state index is -5.08. The number of halogens is 4. The van der Waals surface area contributed by atoms with Crippen molar-refractivity contribution in [1.29, 1.82) is 0 Å². The molecule has 0 aromatic heterocycles. The average molecular weight is 586 g/mol. The van der Waals surface area contributed by atoms with E-state index in [0.717, 1.165) is 4.31 Å². The molecule has 1 heterocycles. The third-order valence-electron chi connectivity index (χ3n) is 5.28. The first kappa shape index (κ1) is 31.4. The van der Waals surface area contributed by atoms with E-state index in [1.54, 1.807) is 0 Å². The number of carboxylic acid groups (broad SMARTS) is 1. The predicted octanol–water partition coefficient (Wildman–Crippen LogP) is 1.89. The number of piperazine rings is 1. The molecule has 0 bridgehead atoms. The van der Waals surface area contributed by atoms with Gasteiger partial charge in [0.1, 0.15) is 11.6 Å². The number of aliphatic carboxylic acids is 1. The second-order valence-corrected chi connectivity index (χ2v) is 11.9. The summed E-state index contributed by atoms with van der Waals surface area (Å²) in [4.78, 5) is 8.92. The molecule has 1 saturated heterocycles. The Bertz CT molecular complexity index is 1270. The largest absolute Gasteiger partial charge is 0.497 e. The Hall–Kier alpha value is -2.79. The normalized spacial score (nSPS) is 15.0. The van der Waals surface area contributed by atoms with E-state index in [9.17, 15) is 34.4 Å². The van der Waals surface area contributed by atoms with Gasteiger partial charge in [0.05, 0.1) is 17.8 Å². The standard InChI is InChI=1S/C20H26FN3O5S2.C2HF3O2/c1-29-19-6-8-20(9-7-19)31(27,28)24(16-17-2-4-18(21)5-3-17)14-15-30(25,26)23-12-10-22-11-13-23;3-2(4,5)1(6)7/h2-9,22H,10-16H2,1H3;(H,6,7). The summed E-state index contributed by atoms with van der Waals surface area (Å²) in [5.41, 5.74) is 0.554. The molecular weight excluding hydrogens is 558 g/mol. The lowest BCUT2D eigenvalue weighted by molar-refractivity contribution is -0.192. The molecule has 0 unspecified atom stereocenters. The van der Waals surface area contributed by atoms with E-state index < -0.39 is 38.0 Å². The maximum atomic E-state index is 13.3. The highest BCUT2D eigenvalue weighted by molar-refractivity contribution is 7.90. The molecule has 0 amide bonds. The Morgan fingerprint density at radius 2 is 1.55 bits per heavy atom. The van der Waals surface area contributed by atoms with Crippen LogP contribution in [0.4, 0.5) is 17.6 Å². The second-order valence-electron chi connectivity index (χ2n) is 7.91. The van der Waals surface area contributed by atoms with Gasteiger partial charge in [-0.05, 0) is 42.0 Å². The van der Waals surface area contributed by atoms with Gasteiger partial charge in [-0.15, -0.1) is 0 Å². The van der Waals surface area contributed by atoms with Gasteiger partial charge in [-0.3, -0.25) is 0 Å². The number of rotatable bonds is 9. The number of alkyl halides is 3. The van der Waals surface area contributed by atoms with Crippen LogP contribution in [-0.2, 0) is 31.4 Å². The molecule has 212 valence electrons. The first-order valence-corrected chi connectivity index (χ1v) is 14.1. The number of nitrogens with one attached hydrogen (secondary N) is 1. The quantitative estimate of drug-likeness (QED) is 0.427. The van der Waals surface area contributed by atoms with Gasteiger partial charge >= 0.3 is 12.1 Å². The van der Waals surface area contributed by atoms with Crippen molar-refractivity contribution in [3.05, 3.63) is 59.9 Å². The number of carboxylic acids is 1. The van der Waals surface area contributed by atoms with Crippen molar-refractivity contribution in [2.24, 2.45) is 0 Å². The summed E-state index contributed by atoms with van der Waals surface area (Å²) in [6, 6.07) is 11.3. The molecule has 38 heavy (non-hydrogen) atoms. The Kier molecular flexibility index (Phi) is 11.0. The van der Waals surface area contributed by atoms with E-state index in [-0.39, 0.29) is 23.7 Å². The van der Waals surface area contributed by atoms with Gasteiger partial charge in [0.2, 0.25) is 20.0 Å². The number of benzene rings is 2. The zero-order chi connectivity index (χ0) is 28.6. The van der Waals surface area contributed by atoms with Crippen molar-refractivity contribution in [2.75, 3.05) is 45.6 Å². The van der Waals surface area contributed by atoms with Crippen molar-refractivity contribution in [3.8, 4) is 5.75 Å². The molecule has 0 aliphatic carbocycles. The molecule has 0 radical (unpaired) electrons. The number of hydrogen-bond acceptors (Lipinski definition) is 7. The number of sulfonamides is 2. The van der Waals surface area contributed by atoms with Gasteiger partial charge in [-0.2, -0.15) is 21.8 Å².